The van der Waals surface area contributed by atoms with Gasteiger partial charge in [0.25, 0.3) is 5.91 Å². The van der Waals surface area contributed by atoms with Crippen molar-refractivity contribution in [3.63, 3.8) is 0 Å². The lowest BCUT2D eigenvalue weighted by Crippen LogP contribution is -2.39. The lowest BCUT2D eigenvalue weighted by atomic mass is 9.96. The third-order valence-corrected chi connectivity index (χ3v) is 5.39. The molecule has 2 heterocycles. The summed E-state index contributed by atoms with van der Waals surface area (Å²) in [7, 11) is 1.44. The number of rotatable bonds is 5. The number of carbonyl (C=O) groups is 1. The maximum absolute atomic E-state index is 13.9. The Morgan fingerprint density at radius 3 is 2.69 bits per heavy atom. The van der Waals surface area contributed by atoms with Gasteiger partial charge in [0.05, 0.1) is 12.6 Å². The summed E-state index contributed by atoms with van der Waals surface area (Å²) in [5, 5.41) is 4.10. The van der Waals surface area contributed by atoms with Gasteiger partial charge in [0.15, 0.2) is 11.6 Å². The minimum absolute atomic E-state index is 0.0907. The van der Waals surface area contributed by atoms with Crippen molar-refractivity contribution in [3.05, 3.63) is 60.2 Å². The Hall–Kier alpha value is -3.22. The number of hydrogen-bond acceptors (Lipinski definition) is 5. The van der Waals surface area contributed by atoms with Gasteiger partial charge in [0.2, 0.25) is 0 Å². The normalized spacial score (nSPS) is 14.8. The third-order valence-electron chi connectivity index (χ3n) is 5.39. The first kappa shape index (κ1) is 19.1. The molecule has 1 aliphatic heterocycles. The number of benzene rings is 2. The van der Waals surface area contributed by atoms with Gasteiger partial charge in [0.1, 0.15) is 12.1 Å². The van der Waals surface area contributed by atoms with E-state index in [0.717, 1.165) is 43.4 Å². The summed E-state index contributed by atoms with van der Waals surface area (Å²) in [6.45, 7) is 2.21. The molecule has 150 valence electrons. The van der Waals surface area contributed by atoms with Gasteiger partial charge in [-0.3, -0.25) is 4.79 Å². The SMILES string of the molecule is COc1cc2c(NCC3CCN(C(=O)c4ccccc4)CC3)ncnc2cc1F. The van der Waals surface area contributed by atoms with Gasteiger partial charge in [-0.25, -0.2) is 14.4 Å². The Morgan fingerprint density at radius 2 is 1.97 bits per heavy atom. The predicted molar refractivity (Wildman–Crippen MR) is 110 cm³/mol. The Labute approximate surface area is 168 Å². The van der Waals surface area contributed by atoms with Crippen LogP contribution in [-0.4, -0.2) is 47.5 Å². The van der Waals surface area contributed by atoms with Gasteiger partial charge in [0, 0.05) is 36.7 Å². The van der Waals surface area contributed by atoms with Crippen LogP contribution in [0.3, 0.4) is 0 Å². The van der Waals surface area contributed by atoms with Crippen molar-refractivity contribution in [1.29, 1.82) is 0 Å². The summed E-state index contributed by atoms with van der Waals surface area (Å²) in [4.78, 5) is 22.9. The summed E-state index contributed by atoms with van der Waals surface area (Å²) in [6.07, 6.45) is 3.27. The first-order valence-corrected chi connectivity index (χ1v) is 9.72. The van der Waals surface area contributed by atoms with Crippen molar-refractivity contribution >= 4 is 22.6 Å². The molecule has 6 nitrogen and oxygen atoms in total. The maximum Gasteiger partial charge on any atom is 0.253 e. The number of nitrogens with zero attached hydrogens (tertiary/aromatic N) is 3. The third kappa shape index (κ3) is 4.13. The predicted octanol–water partition coefficient (Wildman–Crippen LogP) is 3.74. The van der Waals surface area contributed by atoms with Crippen molar-refractivity contribution in [2.45, 2.75) is 12.8 Å². The molecule has 0 aliphatic carbocycles. The number of halogens is 1. The number of methoxy groups -OCH3 is 1. The lowest BCUT2D eigenvalue weighted by molar-refractivity contribution is 0.0695. The molecule has 0 saturated carbocycles. The molecule has 0 unspecified atom stereocenters. The summed E-state index contributed by atoms with van der Waals surface area (Å²) in [5.41, 5.74) is 1.27. The molecule has 2 aromatic carbocycles. The van der Waals surface area contributed by atoms with E-state index >= 15 is 0 Å². The molecule has 1 aromatic heterocycles. The van der Waals surface area contributed by atoms with Crippen LogP contribution >= 0.6 is 0 Å². The van der Waals surface area contributed by atoms with Crippen LogP contribution < -0.4 is 10.1 Å². The highest BCUT2D eigenvalue weighted by molar-refractivity contribution is 5.94. The molecule has 0 atom stereocenters. The van der Waals surface area contributed by atoms with E-state index in [1.54, 1.807) is 6.07 Å². The van der Waals surface area contributed by atoms with Crippen LogP contribution in [-0.2, 0) is 0 Å². The van der Waals surface area contributed by atoms with Gasteiger partial charge in [-0.2, -0.15) is 0 Å². The largest absolute Gasteiger partial charge is 0.494 e. The van der Waals surface area contributed by atoms with E-state index in [1.807, 2.05) is 35.2 Å². The van der Waals surface area contributed by atoms with Crippen molar-refractivity contribution in [3.8, 4) is 5.75 Å². The van der Waals surface area contributed by atoms with Crippen LogP contribution in [0.15, 0.2) is 48.8 Å². The molecule has 1 amide bonds. The van der Waals surface area contributed by atoms with E-state index in [4.69, 9.17) is 4.74 Å². The molecule has 0 bridgehead atoms. The summed E-state index contributed by atoms with van der Waals surface area (Å²) >= 11 is 0. The number of amides is 1. The number of anilines is 1. The number of likely N-dealkylation sites (tertiary alicyclic amines) is 1. The summed E-state index contributed by atoms with van der Waals surface area (Å²) in [5.74, 6) is 0.911. The first-order valence-electron chi connectivity index (χ1n) is 9.72. The van der Waals surface area contributed by atoms with Crippen molar-refractivity contribution < 1.29 is 13.9 Å². The zero-order chi connectivity index (χ0) is 20.2. The highest BCUT2D eigenvalue weighted by atomic mass is 19.1. The van der Waals surface area contributed by atoms with Gasteiger partial charge in [-0.15, -0.1) is 0 Å². The molecule has 1 fully saturated rings. The molecule has 0 spiro atoms. The highest BCUT2D eigenvalue weighted by Gasteiger charge is 2.23. The molecular formula is C22H23FN4O2. The van der Waals surface area contributed by atoms with Gasteiger partial charge < -0.3 is 15.0 Å². The number of fused-ring (bicyclic) bond motifs is 1. The second-order valence-electron chi connectivity index (χ2n) is 7.21. The highest BCUT2D eigenvalue weighted by Crippen LogP contribution is 2.28. The summed E-state index contributed by atoms with van der Waals surface area (Å²) in [6, 6.07) is 12.4. The Bertz CT molecular complexity index is 1000. The number of nitrogens with one attached hydrogen (secondary N) is 1. The fraction of sp³-hybridized carbons (Fsp3) is 0.318. The zero-order valence-electron chi connectivity index (χ0n) is 16.3. The number of carbonyl (C=O) groups excluding carboxylic acids is 1. The van der Waals surface area contributed by atoms with E-state index in [-0.39, 0.29) is 11.7 Å². The zero-order valence-corrected chi connectivity index (χ0v) is 16.3. The molecule has 7 heteroatoms. The fourth-order valence-corrected chi connectivity index (χ4v) is 3.70. The maximum atomic E-state index is 13.9. The van der Waals surface area contributed by atoms with Crippen LogP contribution in [0.25, 0.3) is 10.9 Å². The summed E-state index contributed by atoms with van der Waals surface area (Å²) < 4.78 is 19.0. The molecular weight excluding hydrogens is 371 g/mol. The van der Waals surface area contributed by atoms with Crippen LogP contribution in [0, 0.1) is 11.7 Å². The average Bonchev–Trinajstić information content (AvgIpc) is 2.77. The first-order chi connectivity index (χ1) is 14.2. The van der Waals surface area contributed by atoms with E-state index in [0.29, 0.717) is 17.3 Å². The Balaban J connectivity index is 1.38. The monoisotopic (exact) mass is 394 g/mol. The van der Waals surface area contributed by atoms with Gasteiger partial charge >= 0.3 is 0 Å². The number of aromatic nitrogens is 2. The number of hydrogen-bond donors (Lipinski definition) is 1. The topological polar surface area (TPSA) is 67.3 Å². The van der Waals surface area contributed by atoms with Crippen LogP contribution in [0.2, 0.25) is 0 Å². The van der Waals surface area contributed by atoms with Crippen LogP contribution in [0.1, 0.15) is 23.2 Å². The van der Waals surface area contributed by atoms with E-state index in [9.17, 15) is 9.18 Å². The fourth-order valence-electron chi connectivity index (χ4n) is 3.70. The van der Waals surface area contributed by atoms with Crippen LogP contribution in [0.5, 0.6) is 5.75 Å². The van der Waals surface area contributed by atoms with E-state index in [1.165, 1.54) is 19.5 Å². The minimum atomic E-state index is -0.444. The van der Waals surface area contributed by atoms with Gasteiger partial charge in [-0.1, -0.05) is 18.2 Å². The Morgan fingerprint density at radius 1 is 1.21 bits per heavy atom. The lowest BCUT2D eigenvalue weighted by Gasteiger charge is -2.32. The quantitative estimate of drug-likeness (QED) is 0.714. The van der Waals surface area contributed by atoms with Crippen LogP contribution in [0.4, 0.5) is 10.2 Å². The molecule has 1 aliphatic rings. The molecule has 29 heavy (non-hydrogen) atoms. The van der Waals surface area contributed by atoms with E-state index < -0.39 is 5.82 Å². The molecule has 0 radical (unpaired) electrons. The second kappa shape index (κ2) is 8.43. The molecule has 1 saturated heterocycles. The van der Waals surface area contributed by atoms with Crippen molar-refractivity contribution in [2.24, 2.45) is 5.92 Å². The smallest absolute Gasteiger partial charge is 0.253 e. The number of ether oxygens (including phenoxy) is 1. The average molecular weight is 394 g/mol. The second-order valence-corrected chi connectivity index (χ2v) is 7.21. The van der Waals surface area contributed by atoms with E-state index in [2.05, 4.69) is 15.3 Å². The molecule has 4 rings (SSSR count). The minimum Gasteiger partial charge on any atom is -0.494 e. The Kier molecular flexibility index (Phi) is 5.55. The standard InChI is InChI=1S/C22H23FN4O2/c1-29-20-11-17-19(12-18(20)23)25-14-26-21(17)24-13-15-7-9-27(10-8-15)22(28)16-5-3-2-4-6-16/h2-6,11-12,14-15H,7-10,13H2,1H3,(H,24,25,26). The molecule has 1 N–H and O–H groups in total. The number of piperidine rings is 1. The molecule has 3 aromatic rings. The van der Waals surface area contributed by atoms with Gasteiger partial charge in [-0.05, 0) is 37.0 Å². The van der Waals surface area contributed by atoms with Crippen molar-refractivity contribution in [1.82, 2.24) is 14.9 Å². The van der Waals surface area contributed by atoms with Crippen molar-refractivity contribution in [2.75, 3.05) is 32.1 Å².